The zero-order valence-corrected chi connectivity index (χ0v) is 22.4. The number of nitrogens with zero attached hydrogens (tertiary/aromatic N) is 2. The molecule has 0 bridgehead atoms. The van der Waals surface area contributed by atoms with Crippen molar-refractivity contribution in [3.8, 4) is 11.5 Å². The number of carbonyl (C=O) groups excluding carboxylic acids is 1. The number of ether oxygens (including phenoxy) is 3. The maximum absolute atomic E-state index is 14.0. The summed E-state index contributed by atoms with van der Waals surface area (Å²) in [7, 11) is 2.96. The van der Waals surface area contributed by atoms with Gasteiger partial charge in [0.05, 0.1) is 30.5 Å². The van der Waals surface area contributed by atoms with Crippen LogP contribution in [0.4, 0.5) is 0 Å². The van der Waals surface area contributed by atoms with Crippen molar-refractivity contribution in [2.75, 3.05) is 20.8 Å². The summed E-state index contributed by atoms with van der Waals surface area (Å²) >= 11 is 1.35. The predicted molar refractivity (Wildman–Crippen MR) is 150 cm³/mol. The molecule has 2 heterocycles. The SMILES string of the molecule is COC(=O)COc1ccccc1C=c1sc2n(c1=O)C(c1ccc(OC)cc1)C1=C(N=2)c2ccccc2CC1. The number of hydrogen-bond acceptors (Lipinski definition) is 7. The van der Waals surface area contributed by atoms with Crippen LogP contribution in [0.15, 0.2) is 88.2 Å². The highest BCUT2D eigenvalue weighted by atomic mass is 32.1. The Kier molecular flexibility index (Phi) is 6.62. The molecule has 8 heteroatoms. The van der Waals surface area contributed by atoms with Gasteiger partial charge < -0.3 is 14.2 Å². The monoisotopic (exact) mass is 538 g/mol. The molecule has 0 N–H and O–H groups in total. The zero-order chi connectivity index (χ0) is 26.9. The quantitative estimate of drug-likeness (QED) is 0.348. The van der Waals surface area contributed by atoms with Crippen LogP contribution < -0.4 is 24.4 Å². The average Bonchev–Trinajstić information content (AvgIpc) is 3.29. The minimum atomic E-state index is -0.477. The molecule has 1 unspecified atom stereocenters. The lowest BCUT2D eigenvalue weighted by Gasteiger charge is -2.30. The van der Waals surface area contributed by atoms with E-state index in [0.29, 0.717) is 20.6 Å². The van der Waals surface area contributed by atoms with Crippen molar-refractivity contribution in [3.05, 3.63) is 120 Å². The van der Waals surface area contributed by atoms with Gasteiger partial charge in [-0.25, -0.2) is 9.79 Å². The summed E-state index contributed by atoms with van der Waals surface area (Å²) in [4.78, 5) is 31.3. The largest absolute Gasteiger partial charge is 0.497 e. The Morgan fingerprint density at radius 3 is 2.59 bits per heavy atom. The minimum Gasteiger partial charge on any atom is -0.497 e. The molecule has 7 nitrogen and oxygen atoms in total. The number of aryl methyl sites for hydroxylation is 1. The second-order valence-electron chi connectivity index (χ2n) is 9.29. The van der Waals surface area contributed by atoms with Gasteiger partial charge in [-0.2, -0.15) is 0 Å². The molecule has 1 aliphatic heterocycles. The van der Waals surface area contributed by atoms with Crippen LogP contribution in [0.3, 0.4) is 0 Å². The third-order valence-corrected chi connectivity index (χ3v) is 8.07. The first-order valence-electron chi connectivity index (χ1n) is 12.6. The Morgan fingerprint density at radius 1 is 1.03 bits per heavy atom. The molecular weight excluding hydrogens is 512 g/mol. The molecule has 0 saturated heterocycles. The number of thiazole rings is 1. The van der Waals surface area contributed by atoms with Gasteiger partial charge in [0.1, 0.15) is 11.5 Å². The Bertz CT molecular complexity index is 1780. The molecule has 1 atom stereocenters. The van der Waals surface area contributed by atoms with Crippen molar-refractivity contribution in [2.24, 2.45) is 4.99 Å². The van der Waals surface area contributed by atoms with Gasteiger partial charge in [-0.15, -0.1) is 0 Å². The number of hydrogen-bond donors (Lipinski definition) is 0. The van der Waals surface area contributed by atoms with Crippen molar-refractivity contribution in [2.45, 2.75) is 18.9 Å². The smallest absolute Gasteiger partial charge is 0.343 e. The Morgan fingerprint density at radius 2 is 1.79 bits per heavy atom. The van der Waals surface area contributed by atoms with Gasteiger partial charge in [0, 0.05) is 11.1 Å². The molecule has 2 aliphatic rings. The first-order chi connectivity index (χ1) is 19.1. The van der Waals surface area contributed by atoms with Gasteiger partial charge in [-0.3, -0.25) is 9.36 Å². The second-order valence-corrected chi connectivity index (χ2v) is 10.3. The van der Waals surface area contributed by atoms with E-state index in [0.717, 1.165) is 41.0 Å². The van der Waals surface area contributed by atoms with Crippen molar-refractivity contribution in [1.82, 2.24) is 4.57 Å². The van der Waals surface area contributed by atoms with Gasteiger partial charge >= 0.3 is 5.97 Å². The molecule has 1 aliphatic carbocycles. The fourth-order valence-electron chi connectivity index (χ4n) is 5.18. The van der Waals surface area contributed by atoms with E-state index in [-0.39, 0.29) is 18.2 Å². The van der Waals surface area contributed by atoms with Gasteiger partial charge in [-0.05, 0) is 53.8 Å². The van der Waals surface area contributed by atoms with E-state index in [1.807, 2.05) is 53.1 Å². The van der Waals surface area contributed by atoms with E-state index in [9.17, 15) is 9.59 Å². The molecule has 0 amide bonds. The van der Waals surface area contributed by atoms with E-state index in [1.54, 1.807) is 19.3 Å². The molecule has 3 aromatic carbocycles. The van der Waals surface area contributed by atoms with E-state index in [2.05, 4.69) is 18.2 Å². The Hall–Kier alpha value is -4.43. The van der Waals surface area contributed by atoms with Crippen LogP contribution in [0.25, 0.3) is 11.8 Å². The topological polar surface area (TPSA) is 79.1 Å². The summed E-state index contributed by atoms with van der Waals surface area (Å²) in [6, 6.07) is 23.3. The second kappa shape index (κ2) is 10.4. The summed E-state index contributed by atoms with van der Waals surface area (Å²) in [5.74, 6) is 0.779. The van der Waals surface area contributed by atoms with Crippen LogP contribution in [0.2, 0.25) is 0 Å². The van der Waals surface area contributed by atoms with Gasteiger partial charge in [-0.1, -0.05) is 65.9 Å². The van der Waals surface area contributed by atoms with Crippen LogP contribution in [-0.4, -0.2) is 31.4 Å². The fourth-order valence-corrected chi connectivity index (χ4v) is 6.17. The standard InChI is InChI=1S/C31H26N2O5S/c1-36-22-14-11-20(12-15-22)29-24-16-13-19-7-3-5-9-23(19)28(24)32-31-33(29)30(35)26(39-31)17-21-8-4-6-10-25(21)38-18-27(34)37-2/h3-12,14-15,17,29H,13,16,18H2,1-2H3. The third kappa shape index (κ3) is 4.57. The zero-order valence-electron chi connectivity index (χ0n) is 21.5. The van der Waals surface area contributed by atoms with Crippen LogP contribution >= 0.6 is 11.3 Å². The first kappa shape index (κ1) is 24.9. The number of rotatable bonds is 6. The number of carbonyl (C=O) groups is 1. The van der Waals surface area contributed by atoms with E-state index < -0.39 is 5.97 Å². The normalized spacial score (nSPS) is 16.1. The summed E-state index contributed by atoms with van der Waals surface area (Å²) in [6.45, 7) is -0.216. The van der Waals surface area contributed by atoms with Gasteiger partial charge in [0.25, 0.3) is 5.56 Å². The highest BCUT2D eigenvalue weighted by Gasteiger charge is 2.32. The Labute approximate surface area is 228 Å². The van der Waals surface area contributed by atoms with E-state index in [1.165, 1.54) is 24.0 Å². The van der Waals surface area contributed by atoms with Crippen molar-refractivity contribution < 1.29 is 19.0 Å². The Balaban J connectivity index is 1.53. The molecule has 0 radical (unpaired) electrons. The molecule has 196 valence electrons. The maximum Gasteiger partial charge on any atom is 0.343 e. The third-order valence-electron chi connectivity index (χ3n) is 7.08. The summed E-state index contributed by atoms with van der Waals surface area (Å²) in [5, 5.41) is 0. The van der Waals surface area contributed by atoms with Crippen LogP contribution in [-0.2, 0) is 16.0 Å². The highest BCUT2D eigenvalue weighted by molar-refractivity contribution is 7.07. The average molecular weight is 539 g/mol. The molecular formula is C31H26N2O5S. The lowest BCUT2D eigenvalue weighted by molar-refractivity contribution is -0.142. The number of para-hydroxylation sites is 1. The highest BCUT2D eigenvalue weighted by Crippen LogP contribution is 2.41. The summed E-state index contributed by atoms with van der Waals surface area (Å²) in [5.41, 5.74) is 6.06. The summed E-state index contributed by atoms with van der Waals surface area (Å²) in [6.07, 6.45) is 3.52. The molecule has 6 rings (SSSR count). The number of methoxy groups -OCH3 is 2. The lowest BCUT2D eigenvalue weighted by atomic mass is 9.83. The number of allylic oxidation sites excluding steroid dienone is 1. The predicted octanol–water partition coefficient (Wildman–Crippen LogP) is 3.88. The van der Waals surface area contributed by atoms with Gasteiger partial charge in [0.15, 0.2) is 11.4 Å². The minimum absolute atomic E-state index is 0.118. The van der Waals surface area contributed by atoms with Crippen LogP contribution in [0, 0.1) is 0 Å². The molecule has 0 spiro atoms. The first-order valence-corrected chi connectivity index (χ1v) is 13.4. The number of esters is 1. The fraction of sp³-hybridized carbons (Fsp3) is 0.194. The summed E-state index contributed by atoms with van der Waals surface area (Å²) < 4.78 is 18.1. The van der Waals surface area contributed by atoms with Crippen LogP contribution in [0.5, 0.6) is 11.5 Å². The molecule has 0 saturated carbocycles. The number of benzene rings is 3. The lowest BCUT2D eigenvalue weighted by Crippen LogP contribution is -2.38. The van der Waals surface area contributed by atoms with Crippen molar-refractivity contribution in [3.63, 3.8) is 0 Å². The van der Waals surface area contributed by atoms with Crippen molar-refractivity contribution in [1.29, 1.82) is 0 Å². The van der Waals surface area contributed by atoms with Crippen LogP contribution in [0.1, 0.15) is 34.7 Å². The van der Waals surface area contributed by atoms with E-state index >= 15 is 0 Å². The molecule has 0 fully saturated rings. The molecule has 4 aromatic rings. The maximum atomic E-state index is 14.0. The number of fused-ring (bicyclic) bond motifs is 3. The number of aromatic nitrogens is 1. The van der Waals surface area contributed by atoms with Gasteiger partial charge in [0.2, 0.25) is 0 Å². The molecule has 1 aromatic heterocycles. The molecule has 39 heavy (non-hydrogen) atoms. The van der Waals surface area contributed by atoms with Crippen molar-refractivity contribution >= 4 is 29.1 Å². The van der Waals surface area contributed by atoms with E-state index in [4.69, 9.17) is 19.2 Å².